The summed E-state index contributed by atoms with van der Waals surface area (Å²) >= 11 is 0. The lowest BCUT2D eigenvalue weighted by molar-refractivity contribution is -0.135. The molecule has 0 aromatic heterocycles. The molecule has 1 rings (SSSR count). The largest absolute Gasteiger partial charge is 0.341 e. The van der Waals surface area contributed by atoms with Crippen molar-refractivity contribution in [2.75, 3.05) is 13.1 Å². The second kappa shape index (κ2) is 5.67. The van der Waals surface area contributed by atoms with Crippen molar-refractivity contribution in [1.29, 1.82) is 0 Å². The lowest BCUT2D eigenvalue weighted by Gasteiger charge is -2.39. The van der Waals surface area contributed by atoms with Crippen molar-refractivity contribution in [1.82, 2.24) is 4.90 Å². The minimum absolute atomic E-state index is 0.153. The van der Waals surface area contributed by atoms with Crippen molar-refractivity contribution < 1.29 is 4.79 Å². The number of hydrogen-bond donors (Lipinski definition) is 1. The molecular weight excluding hydrogens is 200 g/mol. The standard InChI is InChI=1S/C13H26N2O/c1-4-6-11(14)12(16)15-9-7-13(3,5-2)8-10-15/h11H,4-10,14H2,1-3H3/t11-/m1/s1. The van der Waals surface area contributed by atoms with E-state index in [1.165, 1.54) is 6.42 Å². The Morgan fingerprint density at radius 1 is 1.38 bits per heavy atom. The number of rotatable bonds is 4. The maximum Gasteiger partial charge on any atom is 0.239 e. The molecule has 3 nitrogen and oxygen atoms in total. The van der Waals surface area contributed by atoms with Crippen LogP contribution in [-0.4, -0.2) is 29.9 Å². The zero-order valence-electron chi connectivity index (χ0n) is 11.0. The van der Waals surface area contributed by atoms with Crippen LogP contribution in [0.4, 0.5) is 0 Å². The molecule has 0 radical (unpaired) electrons. The molecule has 94 valence electrons. The van der Waals surface area contributed by atoms with E-state index in [1.807, 2.05) is 4.90 Å². The molecule has 0 saturated carbocycles. The Morgan fingerprint density at radius 2 is 1.94 bits per heavy atom. The Balaban J connectivity index is 2.44. The number of carbonyl (C=O) groups is 1. The maximum absolute atomic E-state index is 12.0. The van der Waals surface area contributed by atoms with Crippen LogP contribution < -0.4 is 5.73 Å². The third-order valence-electron chi connectivity index (χ3n) is 4.05. The van der Waals surface area contributed by atoms with Gasteiger partial charge in [0, 0.05) is 13.1 Å². The summed E-state index contributed by atoms with van der Waals surface area (Å²) in [7, 11) is 0. The molecule has 16 heavy (non-hydrogen) atoms. The fourth-order valence-corrected chi connectivity index (χ4v) is 2.29. The summed E-state index contributed by atoms with van der Waals surface area (Å²) < 4.78 is 0. The molecule has 1 saturated heterocycles. The zero-order chi connectivity index (χ0) is 12.2. The normalized spacial score (nSPS) is 21.9. The van der Waals surface area contributed by atoms with Crippen molar-refractivity contribution in [3.63, 3.8) is 0 Å². The van der Waals surface area contributed by atoms with Gasteiger partial charge >= 0.3 is 0 Å². The average Bonchev–Trinajstić information content (AvgIpc) is 2.29. The minimum Gasteiger partial charge on any atom is -0.341 e. The molecule has 1 heterocycles. The van der Waals surface area contributed by atoms with E-state index in [4.69, 9.17) is 5.73 Å². The van der Waals surface area contributed by atoms with E-state index in [0.29, 0.717) is 5.41 Å². The summed E-state index contributed by atoms with van der Waals surface area (Å²) in [5.41, 5.74) is 6.30. The molecule has 0 aliphatic carbocycles. The van der Waals surface area contributed by atoms with Gasteiger partial charge in [-0.25, -0.2) is 0 Å². The van der Waals surface area contributed by atoms with Crippen LogP contribution in [0, 0.1) is 5.41 Å². The first-order valence-electron chi connectivity index (χ1n) is 6.57. The van der Waals surface area contributed by atoms with E-state index in [0.717, 1.165) is 38.8 Å². The highest BCUT2D eigenvalue weighted by atomic mass is 16.2. The second-order valence-corrected chi connectivity index (χ2v) is 5.38. The highest BCUT2D eigenvalue weighted by Crippen LogP contribution is 2.33. The number of piperidine rings is 1. The van der Waals surface area contributed by atoms with Crippen molar-refractivity contribution >= 4 is 5.91 Å². The highest BCUT2D eigenvalue weighted by Gasteiger charge is 2.31. The first kappa shape index (κ1) is 13.5. The Bertz CT molecular complexity index is 232. The van der Waals surface area contributed by atoms with Gasteiger partial charge in [-0.3, -0.25) is 4.79 Å². The zero-order valence-corrected chi connectivity index (χ0v) is 11.0. The van der Waals surface area contributed by atoms with E-state index in [1.54, 1.807) is 0 Å². The number of nitrogens with zero attached hydrogens (tertiary/aromatic N) is 1. The summed E-state index contributed by atoms with van der Waals surface area (Å²) in [6.07, 6.45) is 5.23. The Labute approximate surface area is 99.4 Å². The number of nitrogens with two attached hydrogens (primary N) is 1. The van der Waals surface area contributed by atoms with Crippen molar-refractivity contribution in [3.05, 3.63) is 0 Å². The number of carbonyl (C=O) groups excluding carboxylic acids is 1. The molecule has 1 aliphatic rings. The number of likely N-dealkylation sites (tertiary alicyclic amines) is 1. The smallest absolute Gasteiger partial charge is 0.239 e. The molecule has 0 aromatic rings. The third-order valence-corrected chi connectivity index (χ3v) is 4.05. The van der Waals surface area contributed by atoms with Crippen LogP contribution in [0.2, 0.25) is 0 Å². The molecule has 0 spiro atoms. The van der Waals surface area contributed by atoms with Crippen LogP contribution in [0.25, 0.3) is 0 Å². The predicted octanol–water partition coefficient (Wildman–Crippen LogP) is 2.15. The lowest BCUT2D eigenvalue weighted by atomic mass is 9.78. The third kappa shape index (κ3) is 3.21. The fourth-order valence-electron chi connectivity index (χ4n) is 2.29. The summed E-state index contributed by atoms with van der Waals surface area (Å²) in [6.45, 7) is 8.40. The maximum atomic E-state index is 12.0. The van der Waals surface area contributed by atoms with E-state index < -0.39 is 0 Å². The molecular formula is C13H26N2O. The summed E-state index contributed by atoms with van der Waals surface area (Å²) in [4.78, 5) is 13.9. The second-order valence-electron chi connectivity index (χ2n) is 5.38. The van der Waals surface area contributed by atoms with Gasteiger partial charge in [-0.1, -0.05) is 33.6 Å². The Morgan fingerprint density at radius 3 is 2.38 bits per heavy atom. The molecule has 0 bridgehead atoms. The monoisotopic (exact) mass is 226 g/mol. The number of hydrogen-bond acceptors (Lipinski definition) is 2. The Hall–Kier alpha value is -0.570. The quantitative estimate of drug-likeness (QED) is 0.798. The van der Waals surface area contributed by atoms with Gasteiger partial charge < -0.3 is 10.6 Å². The van der Waals surface area contributed by atoms with Crippen LogP contribution in [-0.2, 0) is 4.79 Å². The summed E-state index contributed by atoms with van der Waals surface area (Å²) in [5.74, 6) is 0.153. The first-order valence-corrected chi connectivity index (χ1v) is 6.57. The predicted molar refractivity (Wildman–Crippen MR) is 67.1 cm³/mol. The molecule has 2 N–H and O–H groups in total. The van der Waals surface area contributed by atoms with Crippen LogP contribution in [0.3, 0.4) is 0 Å². The van der Waals surface area contributed by atoms with Gasteiger partial charge in [0.15, 0.2) is 0 Å². The van der Waals surface area contributed by atoms with Gasteiger partial charge in [-0.2, -0.15) is 0 Å². The molecule has 1 aliphatic heterocycles. The van der Waals surface area contributed by atoms with Crippen molar-refractivity contribution in [2.45, 2.75) is 58.9 Å². The van der Waals surface area contributed by atoms with Gasteiger partial charge in [0.05, 0.1) is 6.04 Å². The van der Waals surface area contributed by atoms with Gasteiger partial charge in [0.1, 0.15) is 0 Å². The first-order chi connectivity index (χ1) is 7.52. The van der Waals surface area contributed by atoms with Gasteiger partial charge in [0.25, 0.3) is 0 Å². The lowest BCUT2D eigenvalue weighted by Crippen LogP contribution is -2.48. The van der Waals surface area contributed by atoms with Gasteiger partial charge in [-0.05, 0) is 24.7 Å². The van der Waals surface area contributed by atoms with Gasteiger partial charge in [-0.15, -0.1) is 0 Å². The molecule has 1 fully saturated rings. The molecule has 3 heteroatoms. The van der Waals surface area contributed by atoms with Gasteiger partial charge in [0.2, 0.25) is 5.91 Å². The highest BCUT2D eigenvalue weighted by molar-refractivity contribution is 5.81. The van der Waals surface area contributed by atoms with Crippen LogP contribution in [0.1, 0.15) is 52.9 Å². The van der Waals surface area contributed by atoms with Crippen LogP contribution in [0.5, 0.6) is 0 Å². The average molecular weight is 226 g/mol. The molecule has 1 atom stereocenters. The molecule has 0 unspecified atom stereocenters. The van der Waals surface area contributed by atoms with E-state index in [2.05, 4.69) is 20.8 Å². The summed E-state index contributed by atoms with van der Waals surface area (Å²) in [5, 5.41) is 0. The molecule has 1 amide bonds. The van der Waals surface area contributed by atoms with Crippen LogP contribution >= 0.6 is 0 Å². The topological polar surface area (TPSA) is 46.3 Å². The van der Waals surface area contributed by atoms with E-state index >= 15 is 0 Å². The van der Waals surface area contributed by atoms with E-state index in [9.17, 15) is 4.79 Å². The number of amides is 1. The Kier molecular flexibility index (Phi) is 4.78. The van der Waals surface area contributed by atoms with Crippen LogP contribution in [0.15, 0.2) is 0 Å². The van der Waals surface area contributed by atoms with E-state index in [-0.39, 0.29) is 11.9 Å². The summed E-state index contributed by atoms with van der Waals surface area (Å²) in [6, 6.07) is -0.281. The minimum atomic E-state index is -0.281. The SMILES string of the molecule is CCC[C@@H](N)C(=O)N1CCC(C)(CC)CC1. The fraction of sp³-hybridized carbons (Fsp3) is 0.923. The molecule has 0 aromatic carbocycles. The van der Waals surface area contributed by atoms with Crippen molar-refractivity contribution in [2.24, 2.45) is 11.1 Å². The van der Waals surface area contributed by atoms with Crippen molar-refractivity contribution in [3.8, 4) is 0 Å².